The zero-order valence-electron chi connectivity index (χ0n) is 16.1. The van der Waals surface area contributed by atoms with Gasteiger partial charge in [-0.25, -0.2) is 4.98 Å². The van der Waals surface area contributed by atoms with Gasteiger partial charge in [-0.15, -0.1) is 0 Å². The smallest absolute Gasteiger partial charge is 0.266 e. The largest absolute Gasteiger partial charge is 0.353 e. The van der Waals surface area contributed by atoms with E-state index in [2.05, 4.69) is 10.3 Å². The Hall–Kier alpha value is -2.02. The number of nitrogens with zero attached hydrogens (tertiary/aromatic N) is 2. The van der Waals surface area contributed by atoms with Crippen LogP contribution in [0.2, 0.25) is 10.0 Å². The zero-order valence-corrected chi connectivity index (χ0v) is 18.4. The van der Waals surface area contributed by atoms with Crippen molar-refractivity contribution in [1.29, 1.82) is 0 Å². The third kappa shape index (κ3) is 5.13. The van der Waals surface area contributed by atoms with Crippen molar-refractivity contribution in [2.75, 3.05) is 5.75 Å². The number of thioether (sulfide) groups is 1. The Balaban J connectivity index is 2.01. The highest BCUT2D eigenvalue weighted by Crippen LogP contribution is 2.24. The lowest BCUT2D eigenvalue weighted by Crippen LogP contribution is -2.35. The maximum Gasteiger partial charge on any atom is 0.266 e. The minimum atomic E-state index is -0.225. The number of hydrogen-bond acceptors (Lipinski definition) is 4. The van der Waals surface area contributed by atoms with Crippen molar-refractivity contribution in [2.45, 2.75) is 37.9 Å². The molecule has 1 aromatic heterocycles. The van der Waals surface area contributed by atoms with Crippen molar-refractivity contribution in [1.82, 2.24) is 14.9 Å². The minimum absolute atomic E-state index is 0.0909. The maximum absolute atomic E-state index is 13.2. The second kappa shape index (κ2) is 9.65. The van der Waals surface area contributed by atoms with Crippen molar-refractivity contribution < 1.29 is 4.79 Å². The number of fused-ring (bicyclic) bond motifs is 1. The van der Waals surface area contributed by atoms with Gasteiger partial charge in [0.2, 0.25) is 5.91 Å². The van der Waals surface area contributed by atoms with Gasteiger partial charge < -0.3 is 5.32 Å². The molecule has 0 aliphatic carbocycles. The van der Waals surface area contributed by atoms with Crippen LogP contribution in [0.15, 0.2) is 52.4 Å². The van der Waals surface area contributed by atoms with E-state index < -0.39 is 0 Å². The molecule has 8 heteroatoms. The molecule has 0 atom stereocenters. The van der Waals surface area contributed by atoms with Crippen molar-refractivity contribution in [3.63, 3.8) is 0 Å². The topological polar surface area (TPSA) is 64.0 Å². The Morgan fingerprint density at radius 1 is 1.10 bits per heavy atom. The van der Waals surface area contributed by atoms with Crippen LogP contribution in [0.25, 0.3) is 16.6 Å². The lowest BCUT2D eigenvalue weighted by Gasteiger charge is -2.16. The molecule has 29 heavy (non-hydrogen) atoms. The molecule has 0 saturated heterocycles. The second-order valence-corrected chi connectivity index (χ2v) is 8.36. The monoisotopic (exact) mass is 449 g/mol. The van der Waals surface area contributed by atoms with E-state index in [4.69, 9.17) is 23.2 Å². The second-order valence-electron chi connectivity index (χ2n) is 6.54. The van der Waals surface area contributed by atoms with E-state index >= 15 is 0 Å². The van der Waals surface area contributed by atoms with Gasteiger partial charge >= 0.3 is 0 Å². The first-order chi connectivity index (χ1) is 13.9. The summed E-state index contributed by atoms with van der Waals surface area (Å²) >= 11 is 13.3. The van der Waals surface area contributed by atoms with E-state index in [1.54, 1.807) is 42.5 Å². The van der Waals surface area contributed by atoms with E-state index in [0.717, 1.165) is 12.8 Å². The van der Waals surface area contributed by atoms with Gasteiger partial charge in [-0.3, -0.25) is 14.2 Å². The van der Waals surface area contributed by atoms with Crippen LogP contribution in [-0.2, 0) is 4.79 Å². The molecule has 0 radical (unpaired) electrons. The van der Waals surface area contributed by atoms with Gasteiger partial charge in [0, 0.05) is 16.1 Å². The molecule has 0 spiro atoms. The van der Waals surface area contributed by atoms with Gasteiger partial charge in [-0.05, 0) is 55.3 Å². The molecular weight excluding hydrogens is 429 g/mol. The van der Waals surface area contributed by atoms with Gasteiger partial charge in [0.15, 0.2) is 5.16 Å². The number of nitrogens with one attached hydrogen (secondary N) is 1. The number of carbonyl (C=O) groups is 1. The molecule has 1 heterocycles. The van der Waals surface area contributed by atoms with Gasteiger partial charge in [-0.1, -0.05) is 48.8 Å². The van der Waals surface area contributed by atoms with E-state index in [0.29, 0.717) is 31.8 Å². The normalized spacial score (nSPS) is 11.2. The minimum Gasteiger partial charge on any atom is -0.353 e. The van der Waals surface area contributed by atoms with Crippen LogP contribution < -0.4 is 10.9 Å². The highest BCUT2D eigenvalue weighted by atomic mass is 35.5. The average molecular weight is 450 g/mol. The highest BCUT2D eigenvalue weighted by Gasteiger charge is 2.16. The average Bonchev–Trinajstić information content (AvgIpc) is 2.71. The number of aromatic nitrogens is 2. The summed E-state index contributed by atoms with van der Waals surface area (Å²) in [6, 6.07) is 12.0. The van der Waals surface area contributed by atoms with Crippen LogP contribution in [0.5, 0.6) is 0 Å². The molecule has 3 aromatic rings. The molecule has 2 aromatic carbocycles. The number of rotatable bonds is 7. The standard InChI is InChI=1S/C21H21Cl2N3O2S/c1-3-15(4-2)24-19(27)12-29-21-25-18-11-14(23)7-10-17(18)20(28)26(21)16-8-5-13(22)6-9-16/h5-11,15H,3-4,12H2,1-2H3,(H,24,27). The molecule has 0 aliphatic heterocycles. The molecule has 1 amide bonds. The first kappa shape index (κ1) is 21.7. The summed E-state index contributed by atoms with van der Waals surface area (Å²) in [6.45, 7) is 4.07. The summed E-state index contributed by atoms with van der Waals surface area (Å²) in [4.78, 5) is 30.2. The highest BCUT2D eigenvalue weighted by molar-refractivity contribution is 7.99. The zero-order chi connectivity index (χ0) is 21.0. The Labute approximate surface area is 183 Å². The summed E-state index contributed by atoms with van der Waals surface area (Å²) < 4.78 is 1.50. The predicted octanol–water partition coefficient (Wildman–Crippen LogP) is 5.09. The number of hydrogen-bond donors (Lipinski definition) is 1. The van der Waals surface area contributed by atoms with Crippen molar-refractivity contribution in [2.24, 2.45) is 0 Å². The molecule has 0 saturated carbocycles. The summed E-state index contributed by atoms with van der Waals surface area (Å²) in [5, 5.41) is 4.94. The van der Waals surface area contributed by atoms with Crippen molar-refractivity contribution >= 4 is 51.8 Å². The third-order valence-corrected chi connectivity index (χ3v) is 5.99. The molecule has 0 bridgehead atoms. The van der Waals surface area contributed by atoms with Crippen molar-refractivity contribution in [3.05, 3.63) is 62.9 Å². The van der Waals surface area contributed by atoms with Gasteiger partial charge in [0.1, 0.15) is 0 Å². The predicted molar refractivity (Wildman–Crippen MR) is 121 cm³/mol. The van der Waals surface area contributed by atoms with E-state index in [1.807, 2.05) is 13.8 Å². The Morgan fingerprint density at radius 3 is 2.41 bits per heavy atom. The molecule has 3 rings (SSSR count). The fourth-order valence-corrected chi connectivity index (χ4v) is 4.06. The van der Waals surface area contributed by atoms with Gasteiger partial charge in [0.25, 0.3) is 5.56 Å². The summed E-state index contributed by atoms with van der Waals surface area (Å²) in [5.41, 5.74) is 0.902. The van der Waals surface area contributed by atoms with Crippen LogP contribution in [0.4, 0.5) is 0 Å². The lowest BCUT2D eigenvalue weighted by molar-refractivity contribution is -0.119. The summed E-state index contributed by atoms with van der Waals surface area (Å²) in [6.07, 6.45) is 1.74. The Morgan fingerprint density at radius 2 is 1.76 bits per heavy atom. The molecule has 1 N–H and O–H groups in total. The van der Waals surface area contributed by atoms with Crippen LogP contribution in [0.1, 0.15) is 26.7 Å². The van der Waals surface area contributed by atoms with E-state index in [1.165, 1.54) is 16.3 Å². The quantitative estimate of drug-likeness (QED) is 0.402. The third-order valence-electron chi connectivity index (χ3n) is 4.57. The fourth-order valence-electron chi connectivity index (χ4n) is 2.95. The molecule has 0 unspecified atom stereocenters. The molecule has 0 aliphatic rings. The van der Waals surface area contributed by atoms with Crippen LogP contribution in [0, 0.1) is 0 Å². The summed E-state index contributed by atoms with van der Waals surface area (Å²) in [7, 11) is 0. The van der Waals surface area contributed by atoms with Gasteiger partial charge in [-0.2, -0.15) is 0 Å². The Kier molecular flexibility index (Phi) is 7.22. The first-order valence-corrected chi connectivity index (χ1v) is 11.1. The van der Waals surface area contributed by atoms with Crippen LogP contribution in [-0.4, -0.2) is 27.3 Å². The fraction of sp³-hybridized carbons (Fsp3) is 0.286. The molecule has 152 valence electrons. The number of benzene rings is 2. The van der Waals surface area contributed by atoms with E-state index in [-0.39, 0.29) is 23.3 Å². The summed E-state index contributed by atoms with van der Waals surface area (Å²) in [5.74, 6) is 0.0644. The maximum atomic E-state index is 13.2. The van der Waals surface area contributed by atoms with E-state index in [9.17, 15) is 9.59 Å². The van der Waals surface area contributed by atoms with Crippen LogP contribution in [0.3, 0.4) is 0 Å². The number of amides is 1. The lowest BCUT2D eigenvalue weighted by atomic mass is 10.2. The van der Waals surface area contributed by atoms with Gasteiger partial charge in [0.05, 0.1) is 22.3 Å². The number of carbonyl (C=O) groups excluding carboxylic acids is 1. The molecule has 0 fully saturated rings. The van der Waals surface area contributed by atoms with Crippen molar-refractivity contribution in [3.8, 4) is 5.69 Å². The molecular formula is C21H21Cl2N3O2S. The van der Waals surface area contributed by atoms with Crippen LogP contribution >= 0.6 is 35.0 Å². The number of halogens is 2. The Bertz CT molecular complexity index is 1080. The molecule has 5 nitrogen and oxygen atoms in total. The first-order valence-electron chi connectivity index (χ1n) is 9.33. The SMILES string of the molecule is CCC(CC)NC(=O)CSc1nc2cc(Cl)ccc2c(=O)n1-c1ccc(Cl)cc1.